The van der Waals surface area contributed by atoms with Gasteiger partial charge in [-0.2, -0.15) is 18.3 Å². The van der Waals surface area contributed by atoms with E-state index < -0.39 is 18.3 Å². The number of hydrogen-bond acceptors (Lipinski definition) is 11. The summed E-state index contributed by atoms with van der Waals surface area (Å²) in [6, 6.07) is 28.9. The molecular formula is C60H66F3N11O7. The van der Waals surface area contributed by atoms with Gasteiger partial charge in [-0.05, 0) is 85.0 Å². The second-order valence-corrected chi connectivity index (χ2v) is 20.9. The Morgan fingerprint density at radius 1 is 0.877 bits per heavy atom. The number of likely N-dealkylation sites (tertiary alicyclic amines) is 2. The van der Waals surface area contributed by atoms with Crippen molar-refractivity contribution in [2.75, 3.05) is 57.5 Å². The number of anilines is 2. The molecule has 1 atom stereocenters. The molecule has 0 saturated carbocycles. The molecule has 5 N–H and O–H groups in total. The lowest BCUT2D eigenvalue weighted by atomic mass is 9.90. The number of methoxy groups -OCH3 is 1. The van der Waals surface area contributed by atoms with Crippen molar-refractivity contribution < 1.29 is 42.2 Å². The average molecular weight is 1110 g/mol. The van der Waals surface area contributed by atoms with Gasteiger partial charge in [-0.1, -0.05) is 73.5 Å². The van der Waals surface area contributed by atoms with Gasteiger partial charge in [-0.3, -0.25) is 33.2 Å². The van der Waals surface area contributed by atoms with Crippen molar-refractivity contribution in [2.45, 2.75) is 95.2 Å². The Balaban J connectivity index is 0.731. The highest BCUT2D eigenvalue weighted by Gasteiger charge is 2.36. The number of carbonyl (C=O) groups excluding carboxylic acids is 4. The van der Waals surface area contributed by atoms with E-state index in [-0.39, 0.29) is 84.8 Å². The Bertz CT molecular complexity index is 3550. The van der Waals surface area contributed by atoms with Crippen LogP contribution in [0.1, 0.15) is 85.0 Å². The standard InChI is InChI=1S/C60H66F3N11O7/c1-39(41-10-6-5-7-11-41)32-53(77)72-30-25-59(80,26-31-72)36-73-38-67-54-55(58(73)79)69-70(3)56(54)42-17-15-40(16-18-42)35-66-51(75)21-22-52(76)71-28-23-44(24-29-71)68-47-13-8-14-49-46(47)34-45(74(49)37-60(61,62)63)12-9-27-65-48-20-19-43(57(78)64-2)33-50(48)81-4/h5-8,10-11,13-20,33-34,38-39,44,65,68,80H,21-32,35-37H2,1-4H3,(H,64,78)(H,66,75)/t39-/m1/s1. The molecule has 18 nitrogen and oxygen atoms in total. The highest BCUT2D eigenvalue weighted by atomic mass is 19.4. The summed E-state index contributed by atoms with van der Waals surface area (Å²) >= 11 is 0. The van der Waals surface area contributed by atoms with Crippen LogP contribution in [0.25, 0.3) is 33.2 Å². The fourth-order valence-corrected chi connectivity index (χ4v) is 10.7. The first-order chi connectivity index (χ1) is 38.9. The number of halogens is 3. The second kappa shape index (κ2) is 24.8. The van der Waals surface area contributed by atoms with E-state index in [1.807, 2.05) is 67.6 Å². The van der Waals surface area contributed by atoms with Crippen LogP contribution in [0.2, 0.25) is 0 Å². The number of nitrogens with one attached hydrogen (secondary N) is 4. The highest BCUT2D eigenvalue weighted by molar-refractivity contribution is 5.96. The van der Waals surface area contributed by atoms with E-state index in [0.29, 0.717) is 103 Å². The summed E-state index contributed by atoms with van der Waals surface area (Å²) in [5.41, 5.74) is 4.48. The molecule has 0 aliphatic carbocycles. The molecule has 0 unspecified atom stereocenters. The minimum absolute atomic E-state index is 0.00196. The molecular weight excluding hydrogens is 1040 g/mol. The maximum absolute atomic E-state index is 13.9. The van der Waals surface area contributed by atoms with Gasteiger partial charge >= 0.3 is 6.18 Å². The third kappa shape index (κ3) is 13.7. The molecule has 2 saturated heterocycles. The smallest absolute Gasteiger partial charge is 0.406 e. The lowest BCUT2D eigenvalue weighted by Gasteiger charge is -2.38. The average Bonchev–Trinajstić information content (AvgIpc) is 4.03. The van der Waals surface area contributed by atoms with Crippen molar-refractivity contribution in [3.63, 3.8) is 0 Å². The van der Waals surface area contributed by atoms with Gasteiger partial charge in [0.1, 0.15) is 17.8 Å². The molecule has 81 heavy (non-hydrogen) atoms. The summed E-state index contributed by atoms with van der Waals surface area (Å²) < 4.78 is 51.3. The van der Waals surface area contributed by atoms with Crippen molar-refractivity contribution in [1.82, 2.24) is 44.3 Å². The van der Waals surface area contributed by atoms with Crippen molar-refractivity contribution >= 4 is 56.9 Å². The molecule has 0 radical (unpaired) electrons. The van der Waals surface area contributed by atoms with Crippen LogP contribution in [0, 0.1) is 11.8 Å². The Morgan fingerprint density at radius 3 is 2.31 bits per heavy atom. The summed E-state index contributed by atoms with van der Waals surface area (Å²) in [6.45, 7) is 2.80. The number of aliphatic hydroxyl groups is 1. The first kappa shape index (κ1) is 57.1. The van der Waals surface area contributed by atoms with Gasteiger partial charge in [0, 0.05) is 94.3 Å². The fraction of sp³-hybridized carbons (Fsp3) is 0.383. The number of ether oxygens (including phenoxy) is 1. The van der Waals surface area contributed by atoms with E-state index in [2.05, 4.69) is 43.2 Å². The van der Waals surface area contributed by atoms with Crippen LogP contribution in [0.15, 0.2) is 108 Å². The molecule has 0 spiro atoms. The van der Waals surface area contributed by atoms with Crippen molar-refractivity contribution in [1.29, 1.82) is 0 Å². The summed E-state index contributed by atoms with van der Waals surface area (Å²) in [5.74, 6) is 5.65. The third-order valence-electron chi connectivity index (χ3n) is 15.2. The summed E-state index contributed by atoms with van der Waals surface area (Å²) in [5, 5.41) is 28.7. The fourth-order valence-electron chi connectivity index (χ4n) is 10.7. The predicted molar refractivity (Wildman–Crippen MR) is 302 cm³/mol. The Morgan fingerprint density at radius 2 is 1.60 bits per heavy atom. The molecule has 2 fully saturated rings. The first-order valence-corrected chi connectivity index (χ1v) is 27.1. The first-order valence-electron chi connectivity index (χ1n) is 27.1. The van der Waals surface area contributed by atoms with Crippen LogP contribution in [-0.4, -0.2) is 127 Å². The van der Waals surface area contributed by atoms with E-state index in [9.17, 15) is 42.3 Å². The zero-order chi connectivity index (χ0) is 57.4. The lowest BCUT2D eigenvalue weighted by Crippen LogP contribution is -2.49. The normalized spacial score (nSPS) is 15.0. The zero-order valence-corrected chi connectivity index (χ0v) is 45.7. The molecule has 424 valence electrons. The molecule has 0 bridgehead atoms. The molecule has 4 amide bonds. The molecule has 7 aromatic rings. The number of amides is 4. The quantitative estimate of drug-likeness (QED) is 0.0543. The van der Waals surface area contributed by atoms with E-state index in [1.54, 1.807) is 57.9 Å². The Labute approximate surface area is 466 Å². The molecule has 2 aliphatic rings. The topological polar surface area (TPSA) is 210 Å². The molecule has 2 aliphatic heterocycles. The number of nitrogens with zero attached hydrogens (tertiary/aromatic N) is 7. The number of carbonyl (C=O) groups is 4. The zero-order valence-electron chi connectivity index (χ0n) is 45.7. The van der Waals surface area contributed by atoms with E-state index in [1.165, 1.54) is 25.1 Å². The minimum atomic E-state index is -4.51. The van der Waals surface area contributed by atoms with Gasteiger partial charge in [0.05, 0.1) is 54.7 Å². The van der Waals surface area contributed by atoms with E-state index in [0.717, 1.165) is 21.3 Å². The van der Waals surface area contributed by atoms with Gasteiger partial charge in [-0.25, -0.2) is 4.98 Å². The van der Waals surface area contributed by atoms with Gasteiger partial charge in [-0.15, -0.1) is 0 Å². The monoisotopic (exact) mass is 1110 g/mol. The highest BCUT2D eigenvalue weighted by Crippen LogP contribution is 2.33. The summed E-state index contributed by atoms with van der Waals surface area (Å²) in [7, 11) is 4.72. The van der Waals surface area contributed by atoms with Crippen molar-refractivity contribution in [3.8, 4) is 28.8 Å². The number of hydrogen-bond donors (Lipinski definition) is 5. The summed E-state index contributed by atoms with van der Waals surface area (Å²) in [4.78, 5) is 73.4. The SMILES string of the molecule is CNC(=O)c1ccc(NCC#Cc2cc3c(NC4CCN(C(=O)CCC(=O)NCc5ccc(-c6c7ncn(CC8(O)CCN(C(=O)C[C@@H](C)c9ccccc9)CC8)c(=O)c7nn6C)cc5)CC4)cccc3n2CC(F)(F)F)c(OC)c1. The maximum Gasteiger partial charge on any atom is 0.406 e. The number of benzene rings is 4. The van der Waals surface area contributed by atoms with Gasteiger partial charge < -0.3 is 45.5 Å². The Hall–Kier alpha value is -8.64. The van der Waals surface area contributed by atoms with Crippen LogP contribution < -0.4 is 31.6 Å². The number of alkyl halides is 3. The molecule has 3 aromatic heterocycles. The van der Waals surface area contributed by atoms with Crippen LogP contribution in [-0.2, 0) is 41.1 Å². The van der Waals surface area contributed by atoms with Crippen molar-refractivity contribution in [3.05, 3.63) is 136 Å². The number of aromatic nitrogens is 5. The van der Waals surface area contributed by atoms with Crippen molar-refractivity contribution in [2.24, 2.45) is 7.05 Å². The summed E-state index contributed by atoms with van der Waals surface area (Å²) in [6.07, 6.45) is -0.840. The van der Waals surface area contributed by atoms with Crippen LogP contribution in [0.5, 0.6) is 5.75 Å². The maximum atomic E-state index is 13.9. The number of rotatable bonds is 18. The van der Waals surface area contributed by atoms with Crippen LogP contribution in [0.4, 0.5) is 24.5 Å². The van der Waals surface area contributed by atoms with Gasteiger partial charge in [0.2, 0.25) is 17.7 Å². The minimum Gasteiger partial charge on any atom is -0.495 e. The van der Waals surface area contributed by atoms with E-state index >= 15 is 0 Å². The lowest BCUT2D eigenvalue weighted by molar-refractivity contribution is -0.140. The van der Waals surface area contributed by atoms with Gasteiger partial charge in [0.15, 0.2) is 5.52 Å². The number of fused-ring (bicyclic) bond motifs is 2. The molecule has 4 aromatic carbocycles. The van der Waals surface area contributed by atoms with E-state index in [4.69, 9.17) is 4.74 Å². The van der Waals surface area contributed by atoms with Crippen LogP contribution >= 0.6 is 0 Å². The molecule has 21 heteroatoms. The molecule has 5 heterocycles. The number of aryl methyl sites for hydroxylation is 1. The van der Waals surface area contributed by atoms with Crippen LogP contribution in [0.3, 0.4) is 0 Å². The molecule has 9 rings (SSSR count). The second-order valence-electron chi connectivity index (χ2n) is 20.9. The Kier molecular flexibility index (Phi) is 17.5. The largest absolute Gasteiger partial charge is 0.495 e. The predicted octanol–water partition coefficient (Wildman–Crippen LogP) is 7.19. The number of piperidine rings is 2. The third-order valence-corrected chi connectivity index (χ3v) is 15.2. The van der Waals surface area contributed by atoms with Gasteiger partial charge in [0.25, 0.3) is 11.5 Å².